The Bertz CT molecular complexity index is 992. The van der Waals surface area contributed by atoms with E-state index in [1.54, 1.807) is 24.3 Å². The van der Waals surface area contributed by atoms with Gasteiger partial charge in [-0.1, -0.05) is 60.1 Å². The van der Waals surface area contributed by atoms with Crippen molar-refractivity contribution in [1.82, 2.24) is 10.6 Å². The van der Waals surface area contributed by atoms with E-state index in [1.807, 2.05) is 19.9 Å². The highest BCUT2D eigenvalue weighted by atomic mass is 79.9. The van der Waals surface area contributed by atoms with Crippen molar-refractivity contribution in [3.63, 3.8) is 0 Å². The summed E-state index contributed by atoms with van der Waals surface area (Å²) in [7, 11) is -0.961. The van der Waals surface area contributed by atoms with Crippen LogP contribution in [-0.4, -0.2) is 37.4 Å². The van der Waals surface area contributed by atoms with Gasteiger partial charge in [-0.25, -0.2) is 4.39 Å². The van der Waals surface area contributed by atoms with Crippen molar-refractivity contribution >= 4 is 40.8 Å². The first kappa shape index (κ1) is 23.9. The predicted molar refractivity (Wildman–Crippen MR) is 120 cm³/mol. The quantitative estimate of drug-likeness (QED) is 0.538. The minimum absolute atomic E-state index is 0.170. The van der Waals surface area contributed by atoms with Crippen LogP contribution in [0.15, 0.2) is 53.0 Å². The van der Waals surface area contributed by atoms with E-state index >= 15 is 0 Å². The van der Waals surface area contributed by atoms with Gasteiger partial charge in [-0.05, 0) is 36.1 Å². The molecule has 1 aliphatic heterocycles. The van der Waals surface area contributed by atoms with Gasteiger partial charge in [0.1, 0.15) is 5.82 Å². The van der Waals surface area contributed by atoms with Crippen LogP contribution in [-0.2, 0) is 18.9 Å². The van der Waals surface area contributed by atoms with Crippen LogP contribution < -0.4 is 10.6 Å². The van der Waals surface area contributed by atoms with Crippen LogP contribution in [0.4, 0.5) is 4.39 Å². The van der Waals surface area contributed by atoms with E-state index in [9.17, 15) is 18.8 Å². The lowest BCUT2D eigenvalue weighted by Crippen LogP contribution is -2.50. The SMILES string of the molecule is CC(C)CC(NC(=O)CNC(=O)c1cc(Br)ccc1F)B1OC(=O)C(c2ccccc2)O1. The molecule has 0 aliphatic carbocycles. The van der Waals surface area contributed by atoms with Gasteiger partial charge in [0.05, 0.1) is 18.0 Å². The second-order valence-corrected chi connectivity index (χ2v) is 8.76. The van der Waals surface area contributed by atoms with Gasteiger partial charge in [-0.2, -0.15) is 0 Å². The summed E-state index contributed by atoms with van der Waals surface area (Å²) in [5, 5.41) is 5.16. The number of hydrogen-bond acceptors (Lipinski definition) is 5. The average molecular weight is 505 g/mol. The lowest BCUT2D eigenvalue weighted by molar-refractivity contribution is -0.136. The molecular formula is C22H23BBrFN2O5. The zero-order valence-electron chi connectivity index (χ0n) is 17.6. The topological polar surface area (TPSA) is 93.7 Å². The summed E-state index contributed by atoms with van der Waals surface area (Å²) < 4.78 is 25.6. The third-order valence-electron chi connectivity index (χ3n) is 4.80. The van der Waals surface area contributed by atoms with Crippen molar-refractivity contribution in [3.05, 3.63) is 69.9 Å². The smallest absolute Gasteiger partial charge is 0.506 e. The van der Waals surface area contributed by atoms with Crippen LogP contribution in [0.25, 0.3) is 0 Å². The largest absolute Gasteiger partial charge is 0.552 e. The molecule has 2 unspecified atom stereocenters. The van der Waals surface area contributed by atoms with Crippen molar-refractivity contribution in [3.8, 4) is 0 Å². The third kappa shape index (κ3) is 6.17. The Morgan fingerprint density at radius 2 is 1.91 bits per heavy atom. The van der Waals surface area contributed by atoms with E-state index in [0.717, 1.165) is 6.07 Å². The van der Waals surface area contributed by atoms with Gasteiger partial charge in [0.25, 0.3) is 5.91 Å². The molecule has 1 saturated heterocycles. The summed E-state index contributed by atoms with van der Waals surface area (Å²) in [5.74, 6) is -2.89. The molecule has 0 saturated carbocycles. The van der Waals surface area contributed by atoms with E-state index in [2.05, 4.69) is 26.6 Å². The van der Waals surface area contributed by atoms with Gasteiger partial charge in [-0.3, -0.25) is 14.4 Å². The molecule has 3 rings (SSSR count). The first-order chi connectivity index (χ1) is 15.2. The fourth-order valence-electron chi connectivity index (χ4n) is 3.34. The minimum Gasteiger partial charge on any atom is -0.506 e. The minimum atomic E-state index is -0.961. The molecule has 0 bridgehead atoms. The molecule has 2 N–H and O–H groups in total. The number of halogens is 2. The molecule has 0 aromatic heterocycles. The van der Waals surface area contributed by atoms with Crippen molar-refractivity contribution in [2.45, 2.75) is 32.3 Å². The Morgan fingerprint density at radius 1 is 1.19 bits per heavy atom. The lowest BCUT2D eigenvalue weighted by Gasteiger charge is -2.21. The maximum absolute atomic E-state index is 13.9. The van der Waals surface area contributed by atoms with Gasteiger partial charge in [0, 0.05) is 4.47 Å². The summed E-state index contributed by atoms with van der Waals surface area (Å²) in [6.45, 7) is 3.55. The van der Waals surface area contributed by atoms with Crippen molar-refractivity contribution < 1.29 is 28.1 Å². The van der Waals surface area contributed by atoms with Crippen LogP contribution in [0.3, 0.4) is 0 Å². The third-order valence-corrected chi connectivity index (χ3v) is 5.29. The fraction of sp³-hybridized carbons (Fsp3) is 0.318. The Labute approximate surface area is 194 Å². The number of hydrogen-bond donors (Lipinski definition) is 2. The Kier molecular flexibility index (Phi) is 8.03. The first-order valence-electron chi connectivity index (χ1n) is 10.2. The molecule has 2 amide bonds. The highest BCUT2D eigenvalue weighted by Crippen LogP contribution is 2.28. The van der Waals surface area contributed by atoms with Crippen LogP contribution >= 0.6 is 15.9 Å². The number of rotatable bonds is 8. The Morgan fingerprint density at radius 3 is 2.59 bits per heavy atom. The van der Waals surface area contributed by atoms with Crippen LogP contribution in [0.2, 0.25) is 0 Å². The van der Waals surface area contributed by atoms with E-state index in [-0.39, 0.29) is 18.0 Å². The molecule has 32 heavy (non-hydrogen) atoms. The lowest BCUT2D eigenvalue weighted by atomic mass is 9.74. The van der Waals surface area contributed by atoms with E-state index < -0.39 is 42.8 Å². The predicted octanol–water partition coefficient (Wildman–Crippen LogP) is 3.19. The van der Waals surface area contributed by atoms with Gasteiger partial charge in [-0.15, -0.1) is 0 Å². The maximum atomic E-state index is 13.9. The van der Waals surface area contributed by atoms with E-state index in [0.29, 0.717) is 16.5 Å². The summed E-state index contributed by atoms with van der Waals surface area (Å²) in [6, 6.07) is 12.9. The van der Waals surface area contributed by atoms with Crippen molar-refractivity contribution in [2.75, 3.05) is 6.54 Å². The van der Waals surface area contributed by atoms with E-state index in [4.69, 9.17) is 9.31 Å². The molecule has 0 spiro atoms. The molecule has 2 atom stereocenters. The molecule has 10 heteroatoms. The average Bonchev–Trinajstić information content (AvgIpc) is 3.15. The molecule has 0 radical (unpaired) electrons. The highest BCUT2D eigenvalue weighted by Gasteiger charge is 2.46. The van der Waals surface area contributed by atoms with Gasteiger partial charge < -0.3 is 19.9 Å². The highest BCUT2D eigenvalue weighted by molar-refractivity contribution is 9.10. The van der Waals surface area contributed by atoms with Gasteiger partial charge in [0.2, 0.25) is 5.91 Å². The molecule has 1 aliphatic rings. The standard InChI is InChI=1S/C22H23BBrFN2O5/c1-13(2)10-18(23-31-20(22(30)32-23)14-6-4-3-5-7-14)27-19(28)12-26-21(29)16-11-15(24)8-9-17(16)25/h3-9,11,13,18,20H,10,12H2,1-2H3,(H,26,29)(H,27,28). The normalized spacial score (nSPS) is 16.6. The summed E-state index contributed by atoms with van der Waals surface area (Å²) in [4.78, 5) is 37.1. The van der Waals surface area contributed by atoms with Crippen LogP contribution in [0, 0.1) is 11.7 Å². The first-order valence-corrected chi connectivity index (χ1v) is 11.0. The second kappa shape index (κ2) is 10.7. The fourth-order valence-corrected chi connectivity index (χ4v) is 3.71. The summed E-state index contributed by atoms with van der Waals surface area (Å²) in [6.07, 6.45) is -0.383. The number of nitrogens with one attached hydrogen (secondary N) is 2. The molecule has 2 aromatic rings. The second-order valence-electron chi connectivity index (χ2n) is 7.84. The number of carbonyl (C=O) groups excluding carboxylic acids is 3. The zero-order valence-corrected chi connectivity index (χ0v) is 19.2. The van der Waals surface area contributed by atoms with Crippen LogP contribution in [0.5, 0.6) is 0 Å². The van der Waals surface area contributed by atoms with Gasteiger partial charge >= 0.3 is 13.1 Å². The van der Waals surface area contributed by atoms with Gasteiger partial charge in [0.15, 0.2) is 6.10 Å². The molecule has 2 aromatic carbocycles. The summed E-state index contributed by atoms with van der Waals surface area (Å²) >= 11 is 3.18. The van der Waals surface area contributed by atoms with Crippen molar-refractivity contribution in [1.29, 1.82) is 0 Å². The monoisotopic (exact) mass is 504 g/mol. The molecule has 168 valence electrons. The Hall–Kier alpha value is -2.72. The zero-order chi connectivity index (χ0) is 23.3. The number of benzene rings is 2. The molecular weight excluding hydrogens is 482 g/mol. The van der Waals surface area contributed by atoms with Crippen LogP contribution in [0.1, 0.15) is 42.3 Å². The maximum Gasteiger partial charge on any atom is 0.552 e. The number of carbonyl (C=O) groups is 3. The molecule has 1 fully saturated rings. The number of amides is 2. The summed E-state index contributed by atoms with van der Waals surface area (Å²) in [5.41, 5.74) is 0.489. The Balaban J connectivity index is 1.61. The molecule has 1 heterocycles. The van der Waals surface area contributed by atoms with E-state index in [1.165, 1.54) is 12.1 Å². The van der Waals surface area contributed by atoms with Crippen molar-refractivity contribution in [2.24, 2.45) is 5.92 Å². The molecule has 7 nitrogen and oxygen atoms in total.